The molecular weight excluding hydrogens is 262 g/mol. The van der Waals surface area contributed by atoms with E-state index in [0.717, 1.165) is 23.5 Å². The second-order valence-electron chi connectivity index (χ2n) is 5.47. The van der Waals surface area contributed by atoms with Crippen molar-refractivity contribution in [2.45, 2.75) is 32.4 Å². The van der Waals surface area contributed by atoms with Crippen LogP contribution in [0.15, 0.2) is 42.5 Å². The highest BCUT2D eigenvalue weighted by Crippen LogP contribution is 2.36. The molecule has 2 atom stereocenters. The zero-order valence-electron chi connectivity index (χ0n) is 12.5. The summed E-state index contributed by atoms with van der Waals surface area (Å²) in [5.74, 6) is 1.80. The summed E-state index contributed by atoms with van der Waals surface area (Å²) in [6.07, 6.45) is 0.806. The fourth-order valence-electron chi connectivity index (χ4n) is 2.82. The first-order valence-electron chi connectivity index (χ1n) is 7.42. The van der Waals surface area contributed by atoms with E-state index in [-0.39, 0.29) is 12.1 Å². The zero-order chi connectivity index (χ0) is 14.8. The van der Waals surface area contributed by atoms with Crippen LogP contribution in [0.25, 0.3) is 0 Å². The predicted molar refractivity (Wildman–Crippen MR) is 83.8 cm³/mol. The van der Waals surface area contributed by atoms with E-state index in [1.807, 2.05) is 37.3 Å². The summed E-state index contributed by atoms with van der Waals surface area (Å²) >= 11 is 0. The van der Waals surface area contributed by atoms with Crippen molar-refractivity contribution >= 4 is 0 Å². The molecule has 0 saturated heterocycles. The molecule has 0 saturated carbocycles. The van der Waals surface area contributed by atoms with Crippen molar-refractivity contribution < 1.29 is 9.47 Å². The van der Waals surface area contributed by atoms with Gasteiger partial charge in [-0.3, -0.25) is 0 Å². The van der Waals surface area contributed by atoms with Gasteiger partial charge >= 0.3 is 0 Å². The summed E-state index contributed by atoms with van der Waals surface area (Å²) in [6, 6.07) is 14.1. The van der Waals surface area contributed by atoms with Gasteiger partial charge in [0.25, 0.3) is 0 Å². The molecule has 1 aliphatic rings. The van der Waals surface area contributed by atoms with Gasteiger partial charge in [-0.15, -0.1) is 0 Å². The second-order valence-corrected chi connectivity index (χ2v) is 5.47. The minimum Gasteiger partial charge on any atom is -0.494 e. The molecule has 2 unspecified atom stereocenters. The molecule has 0 aliphatic carbocycles. The molecule has 0 bridgehead atoms. The lowest BCUT2D eigenvalue weighted by Gasteiger charge is -2.22. The Balaban J connectivity index is 1.86. The van der Waals surface area contributed by atoms with Crippen LogP contribution in [0.2, 0.25) is 0 Å². The largest absolute Gasteiger partial charge is 0.494 e. The number of rotatable bonds is 4. The van der Waals surface area contributed by atoms with Crippen LogP contribution in [0.1, 0.15) is 29.7 Å². The smallest absolute Gasteiger partial charge is 0.124 e. The summed E-state index contributed by atoms with van der Waals surface area (Å²) in [4.78, 5) is 0. The number of fused-ring (bicyclic) bond motifs is 1. The molecule has 3 heteroatoms. The molecule has 0 aromatic heterocycles. The first-order valence-corrected chi connectivity index (χ1v) is 7.42. The molecule has 110 valence electrons. The number of ether oxygens (including phenoxy) is 2. The Hall–Kier alpha value is -2.00. The molecule has 1 aliphatic heterocycles. The molecule has 1 heterocycles. The lowest BCUT2D eigenvalue weighted by molar-refractivity contribution is 0.196. The van der Waals surface area contributed by atoms with E-state index in [1.165, 1.54) is 11.1 Å². The Bertz CT molecular complexity index is 614. The summed E-state index contributed by atoms with van der Waals surface area (Å²) < 4.78 is 11.7. The van der Waals surface area contributed by atoms with E-state index in [4.69, 9.17) is 15.2 Å². The molecular formula is C18H21NO2. The topological polar surface area (TPSA) is 44.5 Å². The minimum absolute atomic E-state index is 0.0385. The number of hydrogen-bond donors (Lipinski definition) is 1. The van der Waals surface area contributed by atoms with Gasteiger partial charge in [0, 0.05) is 12.0 Å². The van der Waals surface area contributed by atoms with Crippen molar-refractivity contribution in [3.05, 3.63) is 59.2 Å². The fourth-order valence-corrected chi connectivity index (χ4v) is 2.82. The van der Waals surface area contributed by atoms with E-state index in [9.17, 15) is 0 Å². The van der Waals surface area contributed by atoms with Crippen LogP contribution >= 0.6 is 0 Å². The van der Waals surface area contributed by atoms with Crippen molar-refractivity contribution in [2.75, 3.05) is 6.61 Å². The minimum atomic E-state index is -0.196. The number of benzene rings is 2. The number of nitrogens with two attached hydrogens (primary N) is 1. The zero-order valence-corrected chi connectivity index (χ0v) is 12.5. The normalized spacial score (nSPS) is 18.0. The SMILES string of the molecule is CCOc1ccc(C)cc1C(N)C1Cc2ccccc2O1. The van der Waals surface area contributed by atoms with Gasteiger partial charge in [0.2, 0.25) is 0 Å². The van der Waals surface area contributed by atoms with E-state index in [1.54, 1.807) is 0 Å². The molecule has 3 nitrogen and oxygen atoms in total. The predicted octanol–water partition coefficient (Wildman–Crippen LogP) is 3.40. The molecule has 0 radical (unpaired) electrons. The van der Waals surface area contributed by atoms with Gasteiger partial charge in [-0.1, -0.05) is 35.9 Å². The molecule has 0 amide bonds. The highest BCUT2D eigenvalue weighted by atomic mass is 16.5. The van der Waals surface area contributed by atoms with Crippen molar-refractivity contribution in [3.8, 4) is 11.5 Å². The van der Waals surface area contributed by atoms with Crippen molar-refractivity contribution in [3.63, 3.8) is 0 Å². The molecule has 0 fully saturated rings. The Morgan fingerprint density at radius 3 is 2.86 bits per heavy atom. The van der Waals surface area contributed by atoms with E-state index >= 15 is 0 Å². The third-order valence-electron chi connectivity index (χ3n) is 3.90. The van der Waals surface area contributed by atoms with Crippen molar-refractivity contribution in [1.82, 2.24) is 0 Å². The molecule has 3 rings (SSSR count). The van der Waals surface area contributed by atoms with Gasteiger partial charge in [-0.05, 0) is 31.5 Å². The van der Waals surface area contributed by atoms with Crippen molar-refractivity contribution in [1.29, 1.82) is 0 Å². The third-order valence-corrected chi connectivity index (χ3v) is 3.90. The van der Waals surface area contributed by atoms with E-state index in [2.05, 4.69) is 19.1 Å². The molecule has 2 aromatic carbocycles. The first kappa shape index (κ1) is 14.0. The maximum atomic E-state index is 6.47. The molecule has 21 heavy (non-hydrogen) atoms. The highest BCUT2D eigenvalue weighted by Gasteiger charge is 2.30. The van der Waals surface area contributed by atoms with Crippen LogP contribution < -0.4 is 15.2 Å². The average Bonchev–Trinajstić information content (AvgIpc) is 2.92. The number of aryl methyl sites for hydroxylation is 1. The first-order chi connectivity index (χ1) is 10.2. The summed E-state index contributed by atoms with van der Waals surface area (Å²) in [6.45, 7) is 4.68. The number of para-hydroxylation sites is 1. The Kier molecular flexibility index (Phi) is 3.84. The second kappa shape index (κ2) is 5.78. The number of hydrogen-bond acceptors (Lipinski definition) is 3. The summed E-state index contributed by atoms with van der Waals surface area (Å²) in [5.41, 5.74) is 9.90. The lowest BCUT2D eigenvalue weighted by Crippen LogP contribution is -2.30. The quantitative estimate of drug-likeness (QED) is 0.935. The molecule has 2 N–H and O–H groups in total. The van der Waals surface area contributed by atoms with Gasteiger partial charge in [-0.2, -0.15) is 0 Å². The standard InChI is InChI=1S/C18H21NO2/c1-3-20-16-9-8-12(2)10-14(16)18(19)17-11-13-6-4-5-7-15(13)21-17/h4-10,17-18H,3,11,19H2,1-2H3. The Morgan fingerprint density at radius 1 is 1.29 bits per heavy atom. The van der Waals surface area contributed by atoms with Gasteiger partial charge in [0.1, 0.15) is 17.6 Å². The van der Waals surface area contributed by atoms with Gasteiger partial charge in [0.15, 0.2) is 0 Å². The van der Waals surface area contributed by atoms with Crippen molar-refractivity contribution in [2.24, 2.45) is 5.73 Å². The molecule has 0 spiro atoms. The van der Waals surface area contributed by atoms with Gasteiger partial charge in [0.05, 0.1) is 12.6 Å². The summed E-state index contributed by atoms with van der Waals surface area (Å²) in [5, 5.41) is 0. The van der Waals surface area contributed by atoms with Gasteiger partial charge in [-0.25, -0.2) is 0 Å². The summed E-state index contributed by atoms with van der Waals surface area (Å²) in [7, 11) is 0. The highest BCUT2D eigenvalue weighted by molar-refractivity contribution is 5.42. The fraction of sp³-hybridized carbons (Fsp3) is 0.333. The van der Waals surface area contributed by atoms with E-state index < -0.39 is 0 Å². The Labute approximate surface area is 125 Å². The maximum absolute atomic E-state index is 6.47. The Morgan fingerprint density at radius 2 is 2.10 bits per heavy atom. The molecule has 2 aromatic rings. The van der Waals surface area contributed by atoms with Crippen LogP contribution in [-0.2, 0) is 6.42 Å². The lowest BCUT2D eigenvalue weighted by atomic mass is 9.96. The van der Waals surface area contributed by atoms with Crippen LogP contribution in [0.3, 0.4) is 0 Å². The maximum Gasteiger partial charge on any atom is 0.124 e. The van der Waals surface area contributed by atoms with Crippen LogP contribution in [0.5, 0.6) is 11.5 Å². The van der Waals surface area contributed by atoms with E-state index in [0.29, 0.717) is 6.61 Å². The van der Waals surface area contributed by atoms with Crippen LogP contribution in [-0.4, -0.2) is 12.7 Å². The van der Waals surface area contributed by atoms with Gasteiger partial charge < -0.3 is 15.2 Å². The van der Waals surface area contributed by atoms with Crippen LogP contribution in [0.4, 0.5) is 0 Å². The monoisotopic (exact) mass is 283 g/mol. The third kappa shape index (κ3) is 2.74. The average molecular weight is 283 g/mol. The van der Waals surface area contributed by atoms with Crippen LogP contribution in [0, 0.1) is 6.92 Å².